The van der Waals surface area contributed by atoms with E-state index in [1.807, 2.05) is 0 Å². The predicted octanol–water partition coefficient (Wildman–Crippen LogP) is 3.76. The molecule has 1 aliphatic rings. The molecule has 0 saturated carbocycles. The zero-order chi connectivity index (χ0) is 20.5. The van der Waals surface area contributed by atoms with Crippen LogP contribution in [-0.2, 0) is 11.3 Å². The van der Waals surface area contributed by atoms with Crippen LogP contribution in [0.5, 0.6) is 5.88 Å². The first kappa shape index (κ1) is 20.9. The second-order valence-corrected chi connectivity index (χ2v) is 7.23. The quantitative estimate of drug-likeness (QED) is 0.686. The molecule has 156 valence electrons. The van der Waals surface area contributed by atoms with Crippen LogP contribution >= 0.6 is 0 Å². The summed E-state index contributed by atoms with van der Waals surface area (Å²) in [5.74, 6) is 0.502. The zero-order valence-corrected chi connectivity index (χ0v) is 17.3. The first-order valence-corrected chi connectivity index (χ1v) is 10.1. The van der Waals surface area contributed by atoms with E-state index in [2.05, 4.69) is 39.5 Å². The van der Waals surface area contributed by atoms with Crippen molar-refractivity contribution in [2.75, 3.05) is 50.7 Å². The molecule has 0 atom stereocenters. The summed E-state index contributed by atoms with van der Waals surface area (Å²) in [4.78, 5) is 20.7. The van der Waals surface area contributed by atoms with Gasteiger partial charge >= 0.3 is 6.03 Å². The molecule has 1 aliphatic heterocycles. The van der Waals surface area contributed by atoms with Crippen molar-refractivity contribution in [3.63, 3.8) is 0 Å². The van der Waals surface area contributed by atoms with Gasteiger partial charge in [-0.3, -0.25) is 0 Å². The maximum atomic E-state index is 12.5. The number of urea groups is 1. The molecule has 0 bridgehead atoms. The number of pyridine rings is 1. The van der Waals surface area contributed by atoms with Crippen LogP contribution in [0.25, 0.3) is 0 Å². The second-order valence-electron chi connectivity index (χ2n) is 7.23. The predicted molar refractivity (Wildman–Crippen MR) is 115 cm³/mol. The number of piperidine rings is 1. The molecule has 7 heteroatoms. The van der Waals surface area contributed by atoms with E-state index in [1.54, 1.807) is 37.4 Å². The minimum atomic E-state index is -0.181. The van der Waals surface area contributed by atoms with E-state index < -0.39 is 0 Å². The lowest BCUT2D eigenvalue weighted by Gasteiger charge is -2.29. The van der Waals surface area contributed by atoms with Crippen molar-refractivity contribution in [2.45, 2.75) is 25.8 Å². The van der Waals surface area contributed by atoms with Crippen LogP contribution in [0.2, 0.25) is 0 Å². The molecule has 1 aromatic heterocycles. The number of nitrogens with zero attached hydrogens (tertiary/aromatic N) is 3. The van der Waals surface area contributed by atoms with E-state index in [4.69, 9.17) is 9.47 Å². The molecule has 2 amide bonds. The summed E-state index contributed by atoms with van der Waals surface area (Å²) >= 11 is 0. The first-order valence-electron chi connectivity index (χ1n) is 10.1. The first-order chi connectivity index (χ1) is 14.2. The van der Waals surface area contributed by atoms with E-state index in [9.17, 15) is 4.79 Å². The molecule has 2 aromatic rings. The van der Waals surface area contributed by atoms with Gasteiger partial charge in [0.05, 0.1) is 18.5 Å². The average molecular weight is 399 g/mol. The lowest BCUT2D eigenvalue weighted by atomic mass is 10.1. The molecule has 2 heterocycles. The number of aromatic nitrogens is 1. The highest BCUT2D eigenvalue weighted by molar-refractivity contribution is 5.88. The molecule has 1 aromatic carbocycles. The molecule has 0 aliphatic carbocycles. The standard InChI is InChI=1S/C22H30N4O3/c1-25(17-18-6-9-20(10-7-18)26-12-4-3-5-13-26)22(27)24-19-8-11-21(23-16-19)29-15-14-28-2/h6-11,16H,3-5,12-15,17H2,1-2H3,(H,24,27). The molecule has 0 spiro atoms. The van der Waals surface area contributed by atoms with Crippen molar-refractivity contribution in [1.29, 1.82) is 0 Å². The fourth-order valence-electron chi connectivity index (χ4n) is 3.30. The third-order valence-electron chi connectivity index (χ3n) is 4.95. The summed E-state index contributed by atoms with van der Waals surface area (Å²) < 4.78 is 10.4. The van der Waals surface area contributed by atoms with Crippen molar-refractivity contribution in [2.24, 2.45) is 0 Å². The maximum Gasteiger partial charge on any atom is 0.321 e. The molecule has 1 saturated heterocycles. The molecule has 3 rings (SSSR count). The number of ether oxygens (including phenoxy) is 2. The highest BCUT2D eigenvalue weighted by atomic mass is 16.5. The molecule has 0 unspecified atom stereocenters. The Hall–Kier alpha value is -2.80. The monoisotopic (exact) mass is 398 g/mol. The van der Waals surface area contributed by atoms with Crippen molar-refractivity contribution in [1.82, 2.24) is 9.88 Å². The highest BCUT2D eigenvalue weighted by Gasteiger charge is 2.12. The molecule has 0 radical (unpaired) electrons. The molecular formula is C22H30N4O3. The number of benzene rings is 1. The number of methoxy groups -OCH3 is 1. The van der Waals surface area contributed by atoms with Gasteiger partial charge in [0.1, 0.15) is 6.61 Å². The topological polar surface area (TPSA) is 66.9 Å². The molecule has 1 fully saturated rings. The Labute approximate surface area is 172 Å². The van der Waals surface area contributed by atoms with Crippen molar-refractivity contribution in [3.05, 3.63) is 48.2 Å². The molecule has 29 heavy (non-hydrogen) atoms. The van der Waals surface area contributed by atoms with Crippen LogP contribution in [0, 0.1) is 0 Å². The summed E-state index contributed by atoms with van der Waals surface area (Å²) in [5, 5.41) is 2.86. The van der Waals surface area contributed by atoms with Crippen LogP contribution < -0.4 is 15.0 Å². The van der Waals surface area contributed by atoms with Crippen LogP contribution in [0.1, 0.15) is 24.8 Å². The van der Waals surface area contributed by atoms with Crippen LogP contribution in [-0.4, -0.2) is 56.4 Å². The fourth-order valence-corrected chi connectivity index (χ4v) is 3.30. The van der Waals surface area contributed by atoms with Crippen molar-refractivity contribution in [3.8, 4) is 5.88 Å². The Kier molecular flexibility index (Phi) is 7.69. The molecule has 7 nitrogen and oxygen atoms in total. The fraction of sp³-hybridized carbons (Fsp3) is 0.455. The summed E-state index contributed by atoms with van der Waals surface area (Å²) in [6.07, 6.45) is 5.44. The van der Waals surface area contributed by atoms with Crippen molar-refractivity contribution < 1.29 is 14.3 Å². The lowest BCUT2D eigenvalue weighted by molar-refractivity contribution is 0.144. The number of carbonyl (C=O) groups is 1. The summed E-state index contributed by atoms with van der Waals surface area (Å²) in [6.45, 7) is 3.74. The van der Waals surface area contributed by atoms with Crippen LogP contribution in [0.4, 0.5) is 16.2 Å². The third-order valence-corrected chi connectivity index (χ3v) is 4.95. The minimum absolute atomic E-state index is 0.181. The van der Waals surface area contributed by atoms with E-state index >= 15 is 0 Å². The van der Waals surface area contributed by atoms with Gasteiger partial charge in [0.25, 0.3) is 0 Å². The maximum absolute atomic E-state index is 12.5. The normalized spacial score (nSPS) is 13.8. The zero-order valence-electron chi connectivity index (χ0n) is 17.3. The number of rotatable bonds is 8. The van der Waals surface area contributed by atoms with Gasteiger partial charge in [-0.05, 0) is 43.0 Å². The van der Waals surface area contributed by atoms with Crippen molar-refractivity contribution >= 4 is 17.4 Å². The van der Waals surface area contributed by atoms with E-state index in [0.29, 0.717) is 31.3 Å². The lowest BCUT2D eigenvalue weighted by Crippen LogP contribution is -2.31. The smallest absolute Gasteiger partial charge is 0.321 e. The van der Waals surface area contributed by atoms with Gasteiger partial charge in [-0.15, -0.1) is 0 Å². The number of carbonyl (C=O) groups excluding carboxylic acids is 1. The van der Waals surface area contributed by atoms with Crippen LogP contribution in [0.3, 0.4) is 0 Å². The molecular weight excluding hydrogens is 368 g/mol. The Balaban J connectivity index is 1.48. The van der Waals surface area contributed by atoms with Gasteiger partial charge in [-0.2, -0.15) is 0 Å². The largest absolute Gasteiger partial charge is 0.475 e. The molecule has 1 N–H and O–H groups in total. The Bertz CT molecular complexity index is 759. The third kappa shape index (κ3) is 6.35. The van der Waals surface area contributed by atoms with E-state index in [0.717, 1.165) is 18.7 Å². The number of amides is 2. The van der Waals surface area contributed by atoms with Gasteiger partial charge in [0.15, 0.2) is 0 Å². The number of hydrogen-bond donors (Lipinski definition) is 1. The Morgan fingerprint density at radius 1 is 1.10 bits per heavy atom. The van der Waals surface area contributed by atoms with Crippen LogP contribution in [0.15, 0.2) is 42.6 Å². The van der Waals surface area contributed by atoms with Gasteiger partial charge in [-0.1, -0.05) is 12.1 Å². The summed E-state index contributed by atoms with van der Waals surface area (Å²) in [5.41, 5.74) is 2.99. The average Bonchev–Trinajstić information content (AvgIpc) is 2.76. The number of anilines is 2. The SMILES string of the molecule is COCCOc1ccc(NC(=O)N(C)Cc2ccc(N3CCCCC3)cc2)cn1. The van der Waals surface area contributed by atoms with Gasteiger partial charge in [-0.25, -0.2) is 9.78 Å². The highest BCUT2D eigenvalue weighted by Crippen LogP contribution is 2.21. The van der Waals surface area contributed by atoms with E-state index in [-0.39, 0.29) is 6.03 Å². The summed E-state index contributed by atoms with van der Waals surface area (Å²) in [6, 6.07) is 11.8. The number of hydrogen-bond acceptors (Lipinski definition) is 5. The second kappa shape index (κ2) is 10.7. The minimum Gasteiger partial charge on any atom is -0.475 e. The Morgan fingerprint density at radius 3 is 2.52 bits per heavy atom. The van der Waals surface area contributed by atoms with E-state index in [1.165, 1.54) is 24.9 Å². The van der Waals surface area contributed by atoms with Gasteiger partial charge in [0.2, 0.25) is 5.88 Å². The number of nitrogens with one attached hydrogen (secondary N) is 1. The Morgan fingerprint density at radius 2 is 1.86 bits per heavy atom. The van der Waals surface area contributed by atoms with Gasteiger partial charge in [0, 0.05) is 45.5 Å². The van der Waals surface area contributed by atoms with Gasteiger partial charge < -0.3 is 24.6 Å². The summed E-state index contributed by atoms with van der Waals surface area (Å²) in [7, 11) is 3.40.